The summed E-state index contributed by atoms with van der Waals surface area (Å²) in [6.07, 6.45) is 3.25. The minimum atomic E-state index is -0.115. The third kappa shape index (κ3) is 3.08. The first kappa shape index (κ1) is 12.6. The molecule has 1 aromatic carbocycles. The van der Waals surface area contributed by atoms with E-state index in [1.165, 1.54) is 0 Å². The fourth-order valence-corrected chi connectivity index (χ4v) is 1.71. The van der Waals surface area contributed by atoms with Gasteiger partial charge in [0.2, 0.25) is 0 Å². The zero-order valence-electron chi connectivity index (χ0n) is 9.98. The molecule has 4 heteroatoms. The molecule has 3 nitrogen and oxygen atoms in total. The number of carbonyl (C=O) groups excluding carboxylic acids is 1. The highest BCUT2D eigenvalue weighted by molar-refractivity contribution is 6.30. The molecule has 2 rings (SSSR count). The van der Waals surface area contributed by atoms with Crippen LogP contribution >= 0.6 is 11.6 Å². The predicted octanol–water partition coefficient (Wildman–Crippen LogP) is 2.97. The molecule has 1 N–H and O–H groups in total. The number of aromatic nitrogens is 1. The largest absolute Gasteiger partial charge is 0.348 e. The molecule has 18 heavy (non-hydrogen) atoms. The molecule has 1 aromatic heterocycles. The van der Waals surface area contributed by atoms with Gasteiger partial charge >= 0.3 is 0 Å². The number of carbonyl (C=O) groups is 1. The number of benzene rings is 1. The third-order valence-electron chi connectivity index (χ3n) is 2.65. The van der Waals surface area contributed by atoms with Crippen LogP contribution in [0.3, 0.4) is 0 Å². The van der Waals surface area contributed by atoms with E-state index in [2.05, 4.69) is 10.3 Å². The molecule has 0 atom stereocenters. The summed E-state index contributed by atoms with van der Waals surface area (Å²) < 4.78 is 0. The van der Waals surface area contributed by atoms with Crippen LogP contribution in [0, 0.1) is 6.92 Å². The number of pyridine rings is 1. The SMILES string of the molecule is Cc1ccncc1C(=O)NCc1ccc(Cl)cc1. The number of aryl methyl sites for hydroxylation is 1. The Balaban J connectivity index is 2.01. The minimum Gasteiger partial charge on any atom is -0.348 e. The van der Waals surface area contributed by atoms with Crippen molar-refractivity contribution in [2.24, 2.45) is 0 Å². The van der Waals surface area contributed by atoms with E-state index in [4.69, 9.17) is 11.6 Å². The summed E-state index contributed by atoms with van der Waals surface area (Å²) in [6.45, 7) is 2.36. The number of nitrogens with one attached hydrogen (secondary N) is 1. The molecule has 0 saturated heterocycles. The zero-order valence-corrected chi connectivity index (χ0v) is 10.7. The summed E-state index contributed by atoms with van der Waals surface area (Å²) in [5, 5.41) is 3.54. The lowest BCUT2D eigenvalue weighted by Gasteiger charge is -2.07. The van der Waals surface area contributed by atoms with Crippen molar-refractivity contribution in [1.29, 1.82) is 0 Å². The number of hydrogen-bond acceptors (Lipinski definition) is 2. The van der Waals surface area contributed by atoms with Gasteiger partial charge in [0.1, 0.15) is 0 Å². The Morgan fingerprint density at radius 2 is 2.00 bits per heavy atom. The summed E-state index contributed by atoms with van der Waals surface area (Å²) in [7, 11) is 0. The zero-order chi connectivity index (χ0) is 13.0. The van der Waals surface area contributed by atoms with E-state index in [1.54, 1.807) is 24.5 Å². The fraction of sp³-hybridized carbons (Fsp3) is 0.143. The van der Waals surface area contributed by atoms with E-state index in [0.717, 1.165) is 11.1 Å². The summed E-state index contributed by atoms with van der Waals surface area (Å²) in [5.74, 6) is -0.115. The van der Waals surface area contributed by atoms with Crippen molar-refractivity contribution in [3.63, 3.8) is 0 Å². The van der Waals surface area contributed by atoms with Gasteiger partial charge in [-0.3, -0.25) is 9.78 Å². The molecule has 92 valence electrons. The summed E-state index contributed by atoms with van der Waals surface area (Å²) in [4.78, 5) is 15.9. The molecule has 0 radical (unpaired) electrons. The van der Waals surface area contributed by atoms with Crippen LogP contribution in [0.1, 0.15) is 21.5 Å². The summed E-state index contributed by atoms with van der Waals surface area (Å²) in [6, 6.07) is 9.20. The predicted molar refractivity (Wildman–Crippen MR) is 71.6 cm³/mol. The van der Waals surface area contributed by atoms with Gasteiger partial charge < -0.3 is 5.32 Å². The topological polar surface area (TPSA) is 42.0 Å². The van der Waals surface area contributed by atoms with Crippen molar-refractivity contribution in [3.8, 4) is 0 Å². The fourth-order valence-electron chi connectivity index (χ4n) is 1.58. The Hall–Kier alpha value is -1.87. The van der Waals surface area contributed by atoms with Crippen molar-refractivity contribution < 1.29 is 4.79 Å². The van der Waals surface area contributed by atoms with Gasteiger partial charge in [-0.25, -0.2) is 0 Å². The van der Waals surface area contributed by atoms with Gasteiger partial charge in [0.05, 0.1) is 5.56 Å². The maximum absolute atomic E-state index is 11.9. The Morgan fingerprint density at radius 1 is 1.28 bits per heavy atom. The monoisotopic (exact) mass is 260 g/mol. The average molecular weight is 261 g/mol. The molecular formula is C14H13ClN2O. The van der Waals surface area contributed by atoms with Gasteiger partial charge in [-0.1, -0.05) is 23.7 Å². The van der Waals surface area contributed by atoms with Crippen LogP contribution < -0.4 is 5.32 Å². The molecule has 0 aliphatic heterocycles. The van der Waals surface area contributed by atoms with Gasteiger partial charge in [0.25, 0.3) is 5.91 Å². The second-order valence-corrected chi connectivity index (χ2v) is 4.44. The number of amides is 1. The highest BCUT2D eigenvalue weighted by Gasteiger charge is 2.07. The molecule has 0 fully saturated rings. The molecule has 1 heterocycles. The highest BCUT2D eigenvalue weighted by atomic mass is 35.5. The van der Waals surface area contributed by atoms with E-state index in [1.807, 2.05) is 25.1 Å². The first-order valence-electron chi connectivity index (χ1n) is 5.60. The second-order valence-electron chi connectivity index (χ2n) is 4.00. The van der Waals surface area contributed by atoms with E-state index >= 15 is 0 Å². The maximum atomic E-state index is 11.9. The molecule has 0 aliphatic carbocycles. The molecule has 1 amide bonds. The third-order valence-corrected chi connectivity index (χ3v) is 2.90. The summed E-state index contributed by atoms with van der Waals surface area (Å²) in [5.41, 5.74) is 2.53. The van der Waals surface area contributed by atoms with Crippen LogP contribution in [0.5, 0.6) is 0 Å². The van der Waals surface area contributed by atoms with E-state index < -0.39 is 0 Å². The molecule has 0 unspecified atom stereocenters. The van der Waals surface area contributed by atoms with Crippen LogP contribution in [-0.4, -0.2) is 10.9 Å². The lowest BCUT2D eigenvalue weighted by molar-refractivity contribution is 0.0950. The normalized spacial score (nSPS) is 10.1. The second kappa shape index (κ2) is 5.65. The summed E-state index contributed by atoms with van der Waals surface area (Å²) >= 11 is 5.80. The van der Waals surface area contributed by atoms with E-state index in [9.17, 15) is 4.79 Å². The van der Waals surface area contributed by atoms with E-state index in [-0.39, 0.29) is 5.91 Å². The Labute approximate surface area is 111 Å². The van der Waals surface area contributed by atoms with Gasteiger partial charge in [0.15, 0.2) is 0 Å². The van der Waals surface area contributed by atoms with Gasteiger partial charge in [-0.05, 0) is 36.2 Å². The smallest absolute Gasteiger partial charge is 0.253 e. The molecule has 0 spiro atoms. The molecule has 0 aliphatic rings. The van der Waals surface area contributed by atoms with Crippen molar-refractivity contribution in [2.75, 3.05) is 0 Å². The number of hydrogen-bond donors (Lipinski definition) is 1. The van der Waals surface area contributed by atoms with Crippen LogP contribution in [-0.2, 0) is 6.54 Å². The lowest BCUT2D eigenvalue weighted by Crippen LogP contribution is -2.23. The van der Waals surface area contributed by atoms with Crippen LogP contribution in [0.25, 0.3) is 0 Å². The van der Waals surface area contributed by atoms with Crippen LogP contribution in [0.4, 0.5) is 0 Å². The molecular weight excluding hydrogens is 248 g/mol. The molecule has 0 bridgehead atoms. The van der Waals surface area contributed by atoms with Crippen molar-refractivity contribution in [2.45, 2.75) is 13.5 Å². The first-order chi connectivity index (χ1) is 8.66. The van der Waals surface area contributed by atoms with Crippen LogP contribution in [0.2, 0.25) is 5.02 Å². The Morgan fingerprint density at radius 3 is 2.67 bits per heavy atom. The number of rotatable bonds is 3. The van der Waals surface area contributed by atoms with Crippen LogP contribution in [0.15, 0.2) is 42.7 Å². The highest BCUT2D eigenvalue weighted by Crippen LogP contribution is 2.10. The minimum absolute atomic E-state index is 0.115. The number of nitrogens with zero attached hydrogens (tertiary/aromatic N) is 1. The molecule has 0 saturated carbocycles. The van der Waals surface area contributed by atoms with Gasteiger partial charge in [0, 0.05) is 24.0 Å². The first-order valence-corrected chi connectivity index (χ1v) is 5.98. The van der Waals surface area contributed by atoms with Crippen molar-refractivity contribution in [3.05, 3.63) is 64.4 Å². The van der Waals surface area contributed by atoms with Crippen molar-refractivity contribution in [1.82, 2.24) is 10.3 Å². The quantitative estimate of drug-likeness (QED) is 0.922. The Bertz CT molecular complexity index is 552. The standard InChI is InChI=1S/C14H13ClN2O/c1-10-6-7-16-9-13(10)14(18)17-8-11-2-4-12(15)5-3-11/h2-7,9H,8H2,1H3,(H,17,18). The van der Waals surface area contributed by atoms with E-state index in [0.29, 0.717) is 17.1 Å². The Kier molecular flexibility index (Phi) is 3.95. The number of halogens is 1. The van der Waals surface area contributed by atoms with Crippen molar-refractivity contribution >= 4 is 17.5 Å². The average Bonchev–Trinajstić information content (AvgIpc) is 2.38. The lowest BCUT2D eigenvalue weighted by atomic mass is 10.1. The molecule has 2 aromatic rings. The van der Waals surface area contributed by atoms with Gasteiger partial charge in [-0.15, -0.1) is 0 Å². The van der Waals surface area contributed by atoms with Gasteiger partial charge in [-0.2, -0.15) is 0 Å². The maximum Gasteiger partial charge on any atom is 0.253 e.